The summed E-state index contributed by atoms with van der Waals surface area (Å²) >= 11 is 4.85. The van der Waals surface area contributed by atoms with E-state index in [4.69, 9.17) is 14.0 Å². The number of hydrogen-bond donors (Lipinski definition) is 2. The second kappa shape index (κ2) is 10.1. The van der Waals surface area contributed by atoms with E-state index in [2.05, 4.69) is 38.0 Å². The van der Waals surface area contributed by atoms with Crippen molar-refractivity contribution in [2.24, 2.45) is 11.8 Å². The van der Waals surface area contributed by atoms with Gasteiger partial charge in [0.1, 0.15) is 16.4 Å². The molecule has 33 heavy (non-hydrogen) atoms. The van der Waals surface area contributed by atoms with E-state index in [1.54, 1.807) is 33.4 Å². The highest BCUT2D eigenvalue weighted by atomic mass is 79.9. The Hall–Kier alpha value is -2.65. The van der Waals surface area contributed by atoms with Crippen LogP contribution in [0.2, 0.25) is 0 Å². The van der Waals surface area contributed by atoms with Gasteiger partial charge in [0.05, 0.1) is 14.2 Å². The average molecular weight is 532 g/mol. The van der Waals surface area contributed by atoms with Crippen LogP contribution in [0.3, 0.4) is 0 Å². The molecule has 1 amide bonds. The van der Waals surface area contributed by atoms with Crippen LogP contribution in [-0.2, 0) is 6.42 Å². The Kier molecular flexibility index (Phi) is 7.19. The molecule has 2 N–H and O–H groups in total. The standard InChI is InChI=1S/C24H26BrN3O4S/c1-13-8-15(13)10-18-21(14-6-5-7-17(25)9-14)32-27-23(18)28-33-22-19(30-3)11-16(24(29)26-2)12-20(22)31-4/h5-7,9,11-13,15H,8,10H2,1-4H3,(H,26,29)(H,27,28). The lowest BCUT2D eigenvalue weighted by Crippen LogP contribution is -2.18. The molecule has 0 bridgehead atoms. The van der Waals surface area contributed by atoms with E-state index < -0.39 is 0 Å². The molecule has 2 unspecified atom stereocenters. The van der Waals surface area contributed by atoms with Gasteiger partial charge in [-0.2, -0.15) is 0 Å². The van der Waals surface area contributed by atoms with Crippen molar-refractivity contribution in [2.75, 3.05) is 26.0 Å². The van der Waals surface area contributed by atoms with Crippen molar-refractivity contribution >= 4 is 39.6 Å². The SMILES string of the molecule is CNC(=O)c1cc(OC)c(SNc2noc(-c3cccc(Br)c3)c2CC2CC2C)c(OC)c1. The fourth-order valence-corrected chi connectivity index (χ4v) is 4.98. The quantitative estimate of drug-likeness (QED) is 0.337. The Morgan fingerprint density at radius 2 is 1.94 bits per heavy atom. The average Bonchev–Trinajstić information content (AvgIpc) is 3.37. The summed E-state index contributed by atoms with van der Waals surface area (Å²) in [4.78, 5) is 12.8. The Balaban J connectivity index is 1.65. The lowest BCUT2D eigenvalue weighted by molar-refractivity contribution is 0.0962. The number of ether oxygens (including phenoxy) is 2. The lowest BCUT2D eigenvalue weighted by atomic mass is 10.0. The van der Waals surface area contributed by atoms with Gasteiger partial charge in [-0.25, -0.2) is 0 Å². The first kappa shape index (κ1) is 23.5. The predicted octanol–water partition coefficient (Wildman–Crippen LogP) is 5.80. The minimum absolute atomic E-state index is 0.216. The van der Waals surface area contributed by atoms with Crippen molar-refractivity contribution < 1.29 is 18.8 Å². The maximum absolute atomic E-state index is 12.1. The van der Waals surface area contributed by atoms with Gasteiger partial charge in [0.15, 0.2) is 11.6 Å². The molecule has 3 aromatic rings. The van der Waals surface area contributed by atoms with E-state index >= 15 is 0 Å². The largest absolute Gasteiger partial charge is 0.495 e. The number of methoxy groups -OCH3 is 2. The number of aromatic nitrogens is 1. The normalized spacial score (nSPS) is 16.9. The van der Waals surface area contributed by atoms with Gasteiger partial charge >= 0.3 is 0 Å². The highest BCUT2D eigenvalue weighted by Crippen LogP contribution is 2.45. The van der Waals surface area contributed by atoms with Gasteiger partial charge in [-0.3, -0.25) is 4.79 Å². The van der Waals surface area contributed by atoms with Crippen molar-refractivity contribution in [3.8, 4) is 22.8 Å². The molecule has 0 radical (unpaired) electrons. The van der Waals surface area contributed by atoms with Crippen molar-refractivity contribution in [3.63, 3.8) is 0 Å². The zero-order valence-electron chi connectivity index (χ0n) is 18.9. The Morgan fingerprint density at radius 1 is 1.24 bits per heavy atom. The van der Waals surface area contributed by atoms with Crippen molar-refractivity contribution in [3.05, 3.63) is 52.0 Å². The first-order valence-electron chi connectivity index (χ1n) is 10.6. The molecular formula is C24H26BrN3O4S. The second-order valence-corrected chi connectivity index (χ2v) is 9.75. The molecule has 1 fully saturated rings. The van der Waals surface area contributed by atoms with Crippen molar-refractivity contribution in [1.29, 1.82) is 0 Å². The molecule has 174 valence electrons. The summed E-state index contributed by atoms with van der Waals surface area (Å²) in [6, 6.07) is 11.4. The molecule has 9 heteroatoms. The number of hydrogen-bond acceptors (Lipinski definition) is 7. The topological polar surface area (TPSA) is 85.6 Å². The van der Waals surface area contributed by atoms with Crippen LogP contribution in [0, 0.1) is 11.8 Å². The number of amides is 1. The summed E-state index contributed by atoms with van der Waals surface area (Å²) in [6.07, 6.45) is 2.09. The number of nitrogens with zero attached hydrogens (tertiary/aromatic N) is 1. The van der Waals surface area contributed by atoms with Crippen LogP contribution in [-0.4, -0.2) is 32.3 Å². The van der Waals surface area contributed by atoms with Crippen LogP contribution >= 0.6 is 27.9 Å². The van der Waals surface area contributed by atoms with Gasteiger partial charge < -0.3 is 24.0 Å². The predicted molar refractivity (Wildman–Crippen MR) is 133 cm³/mol. The van der Waals surface area contributed by atoms with E-state index in [9.17, 15) is 4.79 Å². The van der Waals surface area contributed by atoms with E-state index in [1.807, 2.05) is 24.3 Å². The maximum Gasteiger partial charge on any atom is 0.251 e. The molecule has 2 aromatic carbocycles. The zero-order valence-corrected chi connectivity index (χ0v) is 21.3. The molecule has 1 saturated carbocycles. The molecule has 7 nitrogen and oxygen atoms in total. The van der Waals surface area contributed by atoms with E-state index in [0.717, 1.165) is 27.8 Å². The molecule has 4 rings (SSSR count). The van der Waals surface area contributed by atoms with Gasteiger partial charge in [-0.15, -0.1) is 0 Å². The molecular weight excluding hydrogens is 506 g/mol. The van der Waals surface area contributed by atoms with Crippen molar-refractivity contribution in [1.82, 2.24) is 10.5 Å². The van der Waals surface area contributed by atoms with Gasteiger partial charge in [0.2, 0.25) is 0 Å². The molecule has 0 aliphatic heterocycles. The summed E-state index contributed by atoms with van der Waals surface area (Å²) in [5.74, 6) is 3.61. The number of carbonyl (C=O) groups is 1. The number of carbonyl (C=O) groups excluding carboxylic acids is 1. The number of anilines is 1. The third-order valence-corrected chi connectivity index (χ3v) is 7.21. The summed E-state index contributed by atoms with van der Waals surface area (Å²) in [6.45, 7) is 2.27. The second-order valence-electron chi connectivity index (χ2n) is 8.02. The summed E-state index contributed by atoms with van der Waals surface area (Å²) in [5, 5.41) is 6.97. The van der Waals surface area contributed by atoms with Crippen LogP contribution < -0.4 is 19.5 Å². The van der Waals surface area contributed by atoms with E-state index in [1.165, 1.54) is 18.4 Å². The maximum atomic E-state index is 12.1. The summed E-state index contributed by atoms with van der Waals surface area (Å²) in [7, 11) is 4.71. The third-order valence-electron chi connectivity index (χ3n) is 5.82. The zero-order chi connectivity index (χ0) is 23.5. The van der Waals surface area contributed by atoms with Gasteiger partial charge in [-0.1, -0.05) is 40.1 Å². The van der Waals surface area contributed by atoms with E-state index in [-0.39, 0.29) is 5.91 Å². The minimum Gasteiger partial charge on any atom is -0.495 e. The fourth-order valence-electron chi connectivity index (χ4n) is 3.74. The van der Waals surface area contributed by atoms with Crippen LogP contribution in [0.5, 0.6) is 11.5 Å². The minimum atomic E-state index is -0.216. The van der Waals surface area contributed by atoms with Crippen LogP contribution in [0.25, 0.3) is 11.3 Å². The first-order valence-corrected chi connectivity index (χ1v) is 12.2. The molecule has 1 heterocycles. The van der Waals surface area contributed by atoms with Crippen LogP contribution in [0.4, 0.5) is 5.82 Å². The third kappa shape index (κ3) is 5.14. The lowest BCUT2D eigenvalue weighted by Gasteiger charge is -2.15. The van der Waals surface area contributed by atoms with Crippen molar-refractivity contribution in [2.45, 2.75) is 24.7 Å². The Labute approximate surface area is 205 Å². The Bertz CT molecular complexity index is 1140. The molecule has 0 spiro atoms. The molecule has 1 aromatic heterocycles. The number of halogens is 1. The van der Waals surface area contributed by atoms with Gasteiger partial charge in [0, 0.05) is 28.2 Å². The number of benzene rings is 2. The number of nitrogens with one attached hydrogen (secondary N) is 2. The highest BCUT2D eigenvalue weighted by molar-refractivity contribution is 9.10. The fraction of sp³-hybridized carbons (Fsp3) is 0.333. The summed E-state index contributed by atoms with van der Waals surface area (Å²) in [5.41, 5.74) is 2.48. The van der Waals surface area contributed by atoms with Crippen LogP contribution in [0.1, 0.15) is 29.3 Å². The first-order chi connectivity index (χ1) is 15.9. The molecule has 2 atom stereocenters. The smallest absolute Gasteiger partial charge is 0.251 e. The monoisotopic (exact) mass is 531 g/mol. The summed E-state index contributed by atoms with van der Waals surface area (Å²) < 4.78 is 21.2. The highest BCUT2D eigenvalue weighted by Gasteiger charge is 2.35. The molecule has 1 aliphatic carbocycles. The molecule has 1 aliphatic rings. The van der Waals surface area contributed by atoms with Gasteiger partial charge in [-0.05, 0) is 60.9 Å². The van der Waals surface area contributed by atoms with Crippen LogP contribution in [0.15, 0.2) is 50.3 Å². The van der Waals surface area contributed by atoms with Gasteiger partial charge in [0.25, 0.3) is 5.91 Å². The number of rotatable bonds is 9. The Morgan fingerprint density at radius 3 is 2.52 bits per heavy atom. The van der Waals surface area contributed by atoms with E-state index in [0.29, 0.717) is 39.6 Å². The molecule has 0 saturated heterocycles.